The maximum absolute atomic E-state index is 11.8. The number of hydrogen-bond acceptors (Lipinski definition) is 3. The molecule has 6 heteroatoms. The molecule has 104 valence electrons. The van der Waals surface area contributed by atoms with E-state index in [2.05, 4.69) is 0 Å². The standard InChI is InChI=1S/C12H22N2O4/c1-12(2,3)18-11(17)14-7-5-9(6-8-14)13(4)10(15)16/h9H,5-8H2,1-4H3,(H,15,16). The summed E-state index contributed by atoms with van der Waals surface area (Å²) in [5.41, 5.74) is -0.494. The number of likely N-dealkylation sites (tertiary alicyclic amines) is 1. The van der Waals surface area contributed by atoms with Gasteiger partial charge in [0.1, 0.15) is 5.60 Å². The van der Waals surface area contributed by atoms with Crippen molar-refractivity contribution < 1.29 is 19.4 Å². The van der Waals surface area contributed by atoms with Crippen molar-refractivity contribution in [3.05, 3.63) is 0 Å². The van der Waals surface area contributed by atoms with Gasteiger partial charge in [0.05, 0.1) is 0 Å². The van der Waals surface area contributed by atoms with Crippen molar-refractivity contribution in [2.75, 3.05) is 20.1 Å². The minimum Gasteiger partial charge on any atom is -0.465 e. The van der Waals surface area contributed by atoms with Gasteiger partial charge in [0.25, 0.3) is 0 Å². The highest BCUT2D eigenvalue weighted by molar-refractivity contribution is 5.68. The summed E-state index contributed by atoms with van der Waals surface area (Å²) in [7, 11) is 1.57. The molecule has 1 rings (SSSR count). The first-order valence-electron chi connectivity index (χ1n) is 6.14. The molecule has 2 amide bonds. The molecule has 0 aromatic rings. The first kappa shape index (κ1) is 14.6. The van der Waals surface area contributed by atoms with Crippen LogP contribution in [0.15, 0.2) is 0 Å². The third kappa shape index (κ3) is 4.09. The first-order valence-corrected chi connectivity index (χ1v) is 6.14. The van der Waals surface area contributed by atoms with Crippen molar-refractivity contribution in [2.45, 2.75) is 45.3 Å². The van der Waals surface area contributed by atoms with Crippen LogP contribution in [0, 0.1) is 0 Å². The summed E-state index contributed by atoms with van der Waals surface area (Å²) >= 11 is 0. The Labute approximate surface area is 107 Å². The first-order chi connectivity index (χ1) is 8.20. The number of amides is 2. The Bertz CT molecular complexity index is 317. The summed E-state index contributed by atoms with van der Waals surface area (Å²) < 4.78 is 5.28. The quantitative estimate of drug-likeness (QED) is 0.781. The van der Waals surface area contributed by atoms with Gasteiger partial charge in [-0.05, 0) is 33.6 Å². The van der Waals surface area contributed by atoms with Gasteiger partial charge in [-0.1, -0.05) is 0 Å². The molecule has 0 atom stereocenters. The number of carbonyl (C=O) groups excluding carboxylic acids is 1. The molecule has 18 heavy (non-hydrogen) atoms. The molecule has 0 aliphatic carbocycles. The SMILES string of the molecule is CN(C(=O)O)C1CCN(C(=O)OC(C)(C)C)CC1. The lowest BCUT2D eigenvalue weighted by molar-refractivity contribution is 0.0164. The molecule has 1 heterocycles. The zero-order valence-electron chi connectivity index (χ0n) is 11.5. The number of hydrogen-bond donors (Lipinski definition) is 1. The van der Waals surface area contributed by atoms with E-state index < -0.39 is 11.7 Å². The van der Waals surface area contributed by atoms with Crippen LogP contribution in [0.3, 0.4) is 0 Å². The van der Waals surface area contributed by atoms with Crippen LogP contribution < -0.4 is 0 Å². The third-order valence-corrected chi connectivity index (χ3v) is 2.97. The van der Waals surface area contributed by atoms with E-state index in [1.54, 1.807) is 11.9 Å². The van der Waals surface area contributed by atoms with Gasteiger partial charge in [0.15, 0.2) is 0 Å². The molecule has 1 aliphatic rings. The fraction of sp³-hybridized carbons (Fsp3) is 0.833. The molecular weight excluding hydrogens is 236 g/mol. The summed E-state index contributed by atoms with van der Waals surface area (Å²) in [6.45, 7) is 6.57. The van der Waals surface area contributed by atoms with Crippen LogP contribution >= 0.6 is 0 Å². The predicted octanol–water partition coefficient (Wildman–Crippen LogP) is 2.00. The highest BCUT2D eigenvalue weighted by Crippen LogP contribution is 2.18. The highest BCUT2D eigenvalue weighted by Gasteiger charge is 2.29. The lowest BCUT2D eigenvalue weighted by atomic mass is 10.0. The second-order valence-electron chi connectivity index (χ2n) is 5.59. The van der Waals surface area contributed by atoms with Gasteiger partial charge in [-0.2, -0.15) is 0 Å². The van der Waals surface area contributed by atoms with E-state index in [0.29, 0.717) is 25.9 Å². The second kappa shape index (κ2) is 5.46. The smallest absolute Gasteiger partial charge is 0.410 e. The Hall–Kier alpha value is -1.46. The van der Waals surface area contributed by atoms with Crippen molar-refractivity contribution in [3.8, 4) is 0 Å². The topological polar surface area (TPSA) is 70.1 Å². The van der Waals surface area contributed by atoms with Crippen molar-refractivity contribution in [1.29, 1.82) is 0 Å². The van der Waals surface area contributed by atoms with Crippen molar-refractivity contribution in [3.63, 3.8) is 0 Å². The molecule has 1 N–H and O–H groups in total. The zero-order chi connectivity index (χ0) is 13.9. The van der Waals surface area contributed by atoms with E-state index in [1.165, 1.54) is 4.90 Å². The largest absolute Gasteiger partial charge is 0.465 e. The lowest BCUT2D eigenvalue weighted by Crippen LogP contribution is -2.48. The minimum absolute atomic E-state index is 0.0128. The van der Waals surface area contributed by atoms with Crippen LogP contribution in [0.5, 0.6) is 0 Å². The predicted molar refractivity (Wildman–Crippen MR) is 66.6 cm³/mol. The maximum atomic E-state index is 11.8. The fourth-order valence-electron chi connectivity index (χ4n) is 1.92. The number of nitrogens with zero attached hydrogens (tertiary/aromatic N) is 2. The third-order valence-electron chi connectivity index (χ3n) is 2.97. The summed E-state index contributed by atoms with van der Waals surface area (Å²) in [6.07, 6.45) is 0.0639. The van der Waals surface area contributed by atoms with Gasteiger partial charge in [-0.3, -0.25) is 0 Å². The van der Waals surface area contributed by atoms with Gasteiger partial charge in [0.2, 0.25) is 0 Å². The second-order valence-corrected chi connectivity index (χ2v) is 5.59. The Morgan fingerprint density at radius 1 is 1.28 bits per heavy atom. The Morgan fingerprint density at radius 2 is 1.78 bits per heavy atom. The molecule has 0 aromatic carbocycles. The van der Waals surface area contributed by atoms with Gasteiger partial charge < -0.3 is 19.6 Å². The number of ether oxygens (including phenoxy) is 1. The van der Waals surface area contributed by atoms with E-state index in [0.717, 1.165) is 0 Å². The van der Waals surface area contributed by atoms with Crippen LogP contribution in [0.2, 0.25) is 0 Å². The fourth-order valence-corrected chi connectivity index (χ4v) is 1.92. The summed E-state index contributed by atoms with van der Waals surface area (Å²) in [5, 5.41) is 8.88. The van der Waals surface area contributed by atoms with E-state index >= 15 is 0 Å². The van der Waals surface area contributed by atoms with Crippen molar-refractivity contribution >= 4 is 12.2 Å². The number of piperidine rings is 1. The van der Waals surface area contributed by atoms with Crippen LogP contribution in [0.25, 0.3) is 0 Å². The molecule has 0 bridgehead atoms. The molecule has 1 aliphatic heterocycles. The summed E-state index contributed by atoms with van der Waals surface area (Å²) in [4.78, 5) is 25.6. The molecule has 1 fully saturated rings. The van der Waals surface area contributed by atoms with Gasteiger partial charge in [-0.15, -0.1) is 0 Å². The molecule has 1 saturated heterocycles. The Balaban J connectivity index is 2.44. The zero-order valence-corrected chi connectivity index (χ0v) is 11.5. The van der Waals surface area contributed by atoms with Crippen LogP contribution in [-0.4, -0.2) is 58.9 Å². The van der Waals surface area contributed by atoms with Crippen LogP contribution in [-0.2, 0) is 4.74 Å². The van der Waals surface area contributed by atoms with Crippen LogP contribution in [0.4, 0.5) is 9.59 Å². The Kier molecular flexibility index (Phi) is 4.43. The average molecular weight is 258 g/mol. The molecule has 0 aromatic heterocycles. The van der Waals surface area contributed by atoms with E-state index in [1.807, 2.05) is 20.8 Å². The van der Waals surface area contributed by atoms with Crippen molar-refractivity contribution in [1.82, 2.24) is 9.80 Å². The number of carbonyl (C=O) groups is 2. The summed E-state index contributed by atoms with van der Waals surface area (Å²) in [6, 6.07) is -0.0128. The minimum atomic E-state index is -0.925. The molecule has 0 radical (unpaired) electrons. The number of carboxylic acid groups (broad SMARTS) is 1. The summed E-state index contributed by atoms with van der Waals surface area (Å²) in [5.74, 6) is 0. The Morgan fingerprint density at radius 3 is 2.17 bits per heavy atom. The van der Waals surface area contributed by atoms with Gasteiger partial charge >= 0.3 is 12.2 Å². The lowest BCUT2D eigenvalue weighted by Gasteiger charge is -2.36. The number of rotatable bonds is 1. The van der Waals surface area contributed by atoms with E-state index in [9.17, 15) is 9.59 Å². The van der Waals surface area contributed by atoms with Gasteiger partial charge in [-0.25, -0.2) is 9.59 Å². The maximum Gasteiger partial charge on any atom is 0.410 e. The molecule has 0 saturated carbocycles. The van der Waals surface area contributed by atoms with E-state index in [-0.39, 0.29) is 12.1 Å². The molecule has 0 unspecified atom stereocenters. The normalized spacial score (nSPS) is 17.4. The molecule has 0 spiro atoms. The molecular formula is C12H22N2O4. The average Bonchev–Trinajstić information content (AvgIpc) is 2.26. The monoisotopic (exact) mass is 258 g/mol. The molecule has 6 nitrogen and oxygen atoms in total. The van der Waals surface area contributed by atoms with Gasteiger partial charge in [0, 0.05) is 26.2 Å². The van der Waals surface area contributed by atoms with Crippen molar-refractivity contribution in [2.24, 2.45) is 0 Å². The highest BCUT2D eigenvalue weighted by atomic mass is 16.6. The van der Waals surface area contributed by atoms with Crippen LogP contribution in [0.1, 0.15) is 33.6 Å². The van der Waals surface area contributed by atoms with E-state index in [4.69, 9.17) is 9.84 Å².